The predicted octanol–water partition coefficient (Wildman–Crippen LogP) is 5.17. The van der Waals surface area contributed by atoms with Crippen molar-refractivity contribution in [1.29, 1.82) is 0 Å². The van der Waals surface area contributed by atoms with E-state index in [4.69, 9.17) is 9.15 Å². The van der Waals surface area contributed by atoms with Gasteiger partial charge in [-0.1, -0.05) is 20.3 Å². The monoisotopic (exact) mass is 484 g/mol. The summed E-state index contributed by atoms with van der Waals surface area (Å²) in [5.74, 6) is 0.270. The number of hydrogen-bond acceptors (Lipinski definition) is 5. The Morgan fingerprint density at radius 1 is 1.26 bits per heavy atom. The molecule has 0 saturated carbocycles. The van der Waals surface area contributed by atoms with E-state index in [1.165, 1.54) is 23.3 Å². The van der Waals surface area contributed by atoms with Gasteiger partial charge in [0.2, 0.25) is 5.91 Å². The smallest absolute Gasteiger partial charge is 0.290 e. The quantitative estimate of drug-likeness (QED) is 0.420. The van der Waals surface area contributed by atoms with Crippen molar-refractivity contribution < 1.29 is 23.1 Å². The van der Waals surface area contributed by atoms with E-state index in [1.54, 1.807) is 45.4 Å². The van der Waals surface area contributed by atoms with Crippen LogP contribution in [-0.4, -0.2) is 47.9 Å². The van der Waals surface area contributed by atoms with E-state index in [0.717, 1.165) is 18.4 Å². The number of furan rings is 1. The molecular formula is C26H29FN2O4S. The number of ether oxygens (including phenoxy) is 1. The number of fused-ring (bicyclic) bond motifs is 1. The summed E-state index contributed by atoms with van der Waals surface area (Å²) in [6.07, 6.45) is 3.12. The minimum atomic E-state index is -0.329. The van der Waals surface area contributed by atoms with Crippen LogP contribution < -0.4 is 4.74 Å². The number of amides is 2. The SMILES string of the molecule is CC[C@@H](C)CN(CC(=O)N1CCc2sccc2[C@H]1COc1ccc(F)cc1)C(=O)c1ccco1. The van der Waals surface area contributed by atoms with Gasteiger partial charge in [0.15, 0.2) is 5.76 Å². The fourth-order valence-electron chi connectivity index (χ4n) is 4.12. The van der Waals surface area contributed by atoms with Gasteiger partial charge in [0, 0.05) is 18.0 Å². The summed E-state index contributed by atoms with van der Waals surface area (Å²) in [6.45, 7) is 5.36. The van der Waals surface area contributed by atoms with Crippen LogP contribution >= 0.6 is 11.3 Å². The lowest BCUT2D eigenvalue weighted by atomic mass is 10.00. The van der Waals surface area contributed by atoms with Crippen molar-refractivity contribution in [2.75, 3.05) is 26.2 Å². The Kier molecular flexibility index (Phi) is 7.67. The maximum Gasteiger partial charge on any atom is 0.290 e. The molecule has 34 heavy (non-hydrogen) atoms. The molecule has 6 nitrogen and oxygen atoms in total. The van der Waals surface area contributed by atoms with E-state index < -0.39 is 0 Å². The number of halogens is 1. The van der Waals surface area contributed by atoms with Crippen LogP contribution in [0.2, 0.25) is 0 Å². The molecule has 0 saturated heterocycles. The van der Waals surface area contributed by atoms with Gasteiger partial charge >= 0.3 is 0 Å². The highest BCUT2D eigenvalue weighted by atomic mass is 32.1. The summed E-state index contributed by atoms with van der Waals surface area (Å²) < 4.78 is 24.5. The zero-order valence-corrected chi connectivity index (χ0v) is 20.2. The lowest BCUT2D eigenvalue weighted by Crippen LogP contribution is -2.48. The standard InChI is InChI=1S/C26H29FN2O4S/c1-3-18(2)15-28(26(31)23-5-4-13-32-23)16-25(30)29-12-10-24-21(11-14-34-24)22(29)17-33-20-8-6-19(27)7-9-20/h4-9,11,13-14,18,22H,3,10,12,15-17H2,1-2H3/t18-,22-/m1/s1. The van der Waals surface area contributed by atoms with Gasteiger partial charge in [-0.25, -0.2) is 4.39 Å². The molecule has 1 aliphatic rings. The molecule has 2 aromatic heterocycles. The topological polar surface area (TPSA) is 63.0 Å². The number of benzene rings is 1. The molecule has 0 unspecified atom stereocenters. The molecule has 2 atom stereocenters. The average molecular weight is 485 g/mol. The molecular weight excluding hydrogens is 455 g/mol. The first-order chi connectivity index (χ1) is 16.5. The summed E-state index contributed by atoms with van der Waals surface area (Å²) in [4.78, 5) is 31.2. The van der Waals surface area contributed by atoms with Crippen LogP contribution in [0, 0.1) is 11.7 Å². The van der Waals surface area contributed by atoms with Crippen LogP contribution in [0.4, 0.5) is 4.39 Å². The molecule has 0 fully saturated rings. The molecule has 0 bridgehead atoms. The first-order valence-electron chi connectivity index (χ1n) is 11.5. The Morgan fingerprint density at radius 2 is 2.06 bits per heavy atom. The molecule has 180 valence electrons. The fourth-order valence-corrected chi connectivity index (χ4v) is 5.04. The highest BCUT2D eigenvalue weighted by Gasteiger charge is 2.34. The summed E-state index contributed by atoms with van der Waals surface area (Å²) in [7, 11) is 0. The number of thiophene rings is 1. The van der Waals surface area contributed by atoms with Crippen molar-refractivity contribution in [3.05, 3.63) is 76.1 Å². The largest absolute Gasteiger partial charge is 0.491 e. The Balaban J connectivity index is 1.52. The van der Waals surface area contributed by atoms with E-state index in [1.807, 2.05) is 11.4 Å². The Labute approximate surface area is 202 Å². The average Bonchev–Trinajstić information content (AvgIpc) is 3.54. The highest BCUT2D eigenvalue weighted by molar-refractivity contribution is 7.10. The molecule has 1 aliphatic heterocycles. The van der Waals surface area contributed by atoms with Gasteiger partial charge in [0.25, 0.3) is 5.91 Å². The van der Waals surface area contributed by atoms with Gasteiger partial charge in [-0.3, -0.25) is 9.59 Å². The van der Waals surface area contributed by atoms with E-state index in [9.17, 15) is 14.0 Å². The molecule has 4 rings (SSSR count). The molecule has 8 heteroatoms. The van der Waals surface area contributed by atoms with Crippen molar-refractivity contribution in [2.24, 2.45) is 5.92 Å². The van der Waals surface area contributed by atoms with Gasteiger partial charge in [-0.15, -0.1) is 11.3 Å². The minimum absolute atomic E-state index is 0.0314. The fraction of sp³-hybridized carbons (Fsp3) is 0.385. The minimum Gasteiger partial charge on any atom is -0.491 e. The van der Waals surface area contributed by atoms with E-state index in [0.29, 0.717) is 18.8 Å². The third-order valence-corrected chi connectivity index (χ3v) is 7.21. The highest BCUT2D eigenvalue weighted by Crippen LogP contribution is 2.34. The van der Waals surface area contributed by atoms with Crippen LogP contribution in [0.15, 0.2) is 58.5 Å². The maximum absolute atomic E-state index is 13.6. The summed E-state index contributed by atoms with van der Waals surface area (Å²) in [5.41, 5.74) is 1.07. The van der Waals surface area contributed by atoms with E-state index in [2.05, 4.69) is 13.8 Å². The Hall–Kier alpha value is -3.13. The summed E-state index contributed by atoms with van der Waals surface area (Å²) >= 11 is 1.67. The molecule has 0 radical (unpaired) electrons. The second-order valence-electron chi connectivity index (χ2n) is 8.59. The number of hydrogen-bond donors (Lipinski definition) is 0. The molecule has 3 aromatic rings. The van der Waals surface area contributed by atoms with Crippen LogP contribution in [0.3, 0.4) is 0 Å². The van der Waals surface area contributed by atoms with Gasteiger partial charge in [0.1, 0.15) is 24.7 Å². The lowest BCUT2D eigenvalue weighted by molar-refractivity contribution is -0.135. The number of nitrogens with zero attached hydrogens (tertiary/aromatic N) is 2. The zero-order chi connectivity index (χ0) is 24.1. The zero-order valence-electron chi connectivity index (χ0n) is 19.4. The third kappa shape index (κ3) is 5.50. The summed E-state index contributed by atoms with van der Waals surface area (Å²) in [6, 6.07) is 10.9. The predicted molar refractivity (Wildman–Crippen MR) is 128 cm³/mol. The molecule has 0 N–H and O–H groups in total. The molecule has 2 amide bonds. The van der Waals surface area contributed by atoms with Gasteiger partial charge in [0.05, 0.1) is 12.3 Å². The van der Waals surface area contributed by atoms with Crippen molar-refractivity contribution in [3.8, 4) is 5.75 Å². The Bertz CT molecular complexity index is 1100. The van der Waals surface area contributed by atoms with Crippen molar-refractivity contribution >= 4 is 23.2 Å². The van der Waals surface area contributed by atoms with Gasteiger partial charge in [-0.05, 0) is 65.7 Å². The number of rotatable bonds is 9. The third-order valence-electron chi connectivity index (χ3n) is 6.21. The molecule has 0 aliphatic carbocycles. The number of carbonyl (C=O) groups is 2. The second-order valence-corrected chi connectivity index (χ2v) is 9.59. The van der Waals surface area contributed by atoms with Crippen molar-refractivity contribution in [2.45, 2.75) is 32.7 Å². The summed E-state index contributed by atoms with van der Waals surface area (Å²) in [5, 5.41) is 2.03. The van der Waals surface area contributed by atoms with Crippen LogP contribution in [0.25, 0.3) is 0 Å². The molecule has 3 heterocycles. The van der Waals surface area contributed by atoms with Crippen molar-refractivity contribution in [3.63, 3.8) is 0 Å². The normalized spacial score (nSPS) is 16.1. The number of carbonyl (C=O) groups excluding carboxylic acids is 2. The van der Waals surface area contributed by atoms with Crippen LogP contribution in [0.5, 0.6) is 5.75 Å². The Morgan fingerprint density at radius 3 is 2.76 bits per heavy atom. The lowest BCUT2D eigenvalue weighted by Gasteiger charge is -2.37. The van der Waals surface area contributed by atoms with Crippen LogP contribution in [-0.2, 0) is 11.2 Å². The first-order valence-corrected chi connectivity index (χ1v) is 12.4. The van der Waals surface area contributed by atoms with Crippen molar-refractivity contribution in [1.82, 2.24) is 9.80 Å². The van der Waals surface area contributed by atoms with E-state index >= 15 is 0 Å². The second kappa shape index (κ2) is 10.9. The first kappa shape index (κ1) is 24.0. The van der Waals surface area contributed by atoms with Crippen LogP contribution in [0.1, 0.15) is 47.3 Å². The maximum atomic E-state index is 13.6. The van der Waals surface area contributed by atoms with Gasteiger partial charge in [-0.2, -0.15) is 0 Å². The molecule has 0 spiro atoms. The molecule has 1 aromatic carbocycles. The van der Waals surface area contributed by atoms with E-state index in [-0.39, 0.29) is 48.5 Å². The van der Waals surface area contributed by atoms with Gasteiger partial charge < -0.3 is 19.0 Å².